The van der Waals surface area contributed by atoms with Crippen LogP contribution in [0.1, 0.15) is 30.2 Å². The van der Waals surface area contributed by atoms with Crippen LogP contribution in [0.25, 0.3) is 10.2 Å². The molecular weight excluding hydrogens is 286 g/mol. The van der Waals surface area contributed by atoms with Gasteiger partial charge in [0.15, 0.2) is 0 Å². The minimum Gasteiger partial charge on any atom is -0.392 e. The molecule has 2 atom stereocenters. The van der Waals surface area contributed by atoms with Crippen molar-refractivity contribution in [2.24, 2.45) is 0 Å². The van der Waals surface area contributed by atoms with Gasteiger partial charge < -0.3 is 15.7 Å². The maximum Gasteiger partial charge on any atom is 0.241 e. The quantitative estimate of drug-likeness (QED) is 0.809. The summed E-state index contributed by atoms with van der Waals surface area (Å²) in [7, 11) is 0. The number of benzene rings is 1. The summed E-state index contributed by atoms with van der Waals surface area (Å²) in [5.74, 6) is 0.572. The molecule has 2 unspecified atom stereocenters. The lowest BCUT2D eigenvalue weighted by molar-refractivity contribution is -0.117. The molecule has 2 aliphatic rings. The van der Waals surface area contributed by atoms with Crippen molar-refractivity contribution in [3.8, 4) is 0 Å². The molecule has 1 aliphatic heterocycles. The molecule has 110 valence electrons. The van der Waals surface area contributed by atoms with Gasteiger partial charge in [0, 0.05) is 18.2 Å². The molecule has 5 nitrogen and oxygen atoms in total. The van der Waals surface area contributed by atoms with Gasteiger partial charge in [0.05, 0.1) is 27.4 Å². The van der Waals surface area contributed by atoms with Crippen molar-refractivity contribution in [2.45, 2.75) is 37.3 Å². The van der Waals surface area contributed by atoms with Crippen LogP contribution in [-0.2, 0) is 4.79 Å². The van der Waals surface area contributed by atoms with E-state index in [1.54, 1.807) is 11.3 Å². The van der Waals surface area contributed by atoms with Gasteiger partial charge in [-0.15, -0.1) is 11.3 Å². The van der Waals surface area contributed by atoms with Gasteiger partial charge in [-0.25, -0.2) is 4.98 Å². The number of aliphatic hydroxyl groups excluding tert-OH is 1. The first kappa shape index (κ1) is 13.2. The van der Waals surface area contributed by atoms with Gasteiger partial charge in [-0.2, -0.15) is 0 Å². The molecule has 0 spiro atoms. The maximum atomic E-state index is 12.1. The summed E-state index contributed by atoms with van der Waals surface area (Å²) in [4.78, 5) is 16.8. The average molecular weight is 303 g/mol. The van der Waals surface area contributed by atoms with Crippen molar-refractivity contribution in [1.82, 2.24) is 10.3 Å². The zero-order chi connectivity index (χ0) is 14.4. The second-order valence-corrected chi connectivity index (χ2v) is 6.91. The van der Waals surface area contributed by atoms with Crippen molar-refractivity contribution in [3.63, 3.8) is 0 Å². The number of nitrogens with one attached hydrogen (secondary N) is 2. The van der Waals surface area contributed by atoms with Crippen LogP contribution in [0.3, 0.4) is 0 Å². The molecule has 3 N–H and O–H groups in total. The van der Waals surface area contributed by atoms with Crippen LogP contribution in [0.4, 0.5) is 5.69 Å². The zero-order valence-electron chi connectivity index (χ0n) is 11.5. The maximum absolute atomic E-state index is 12.1. The Labute approximate surface area is 126 Å². The summed E-state index contributed by atoms with van der Waals surface area (Å²) >= 11 is 1.72. The number of aromatic nitrogens is 1. The Morgan fingerprint density at radius 2 is 2.29 bits per heavy atom. The Kier molecular flexibility index (Phi) is 3.17. The Bertz CT molecular complexity index is 695. The highest BCUT2D eigenvalue weighted by molar-refractivity contribution is 7.18. The minimum absolute atomic E-state index is 0.0853. The normalized spacial score (nSPS) is 25.4. The monoisotopic (exact) mass is 303 g/mol. The fraction of sp³-hybridized carbons (Fsp3) is 0.467. The number of rotatable bonds is 3. The third-order valence-electron chi connectivity index (χ3n) is 4.02. The number of carbonyl (C=O) groups is 1. The second kappa shape index (κ2) is 5.05. The number of hydrogen-bond acceptors (Lipinski definition) is 5. The van der Waals surface area contributed by atoms with E-state index in [1.165, 1.54) is 17.8 Å². The molecule has 0 bridgehead atoms. The van der Waals surface area contributed by atoms with E-state index in [9.17, 15) is 9.90 Å². The number of nitrogens with zero attached hydrogens (tertiary/aromatic N) is 1. The predicted octanol–water partition coefficient (Wildman–Crippen LogP) is 1.83. The number of amides is 1. The van der Waals surface area contributed by atoms with Gasteiger partial charge in [-0.3, -0.25) is 4.79 Å². The third-order valence-corrected chi connectivity index (χ3v) is 5.20. The Morgan fingerprint density at radius 3 is 3.00 bits per heavy atom. The summed E-state index contributed by atoms with van der Waals surface area (Å²) in [5, 5.41) is 16.6. The van der Waals surface area contributed by atoms with E-state index < -0.39 is 6.10 Å². The molecule has 1 aromatic heterocycles. The summed E-state index contributed by atoms with van der Waals surface area (Å²) < 4.78 is 1.12. The number of aliphatic hydroxyl groups is 1. The smallest absolute Gasteiger partial charge is 0.241 e. The Morgan fingerprint density at radius 1 is 1.43 bits per heavy atom. The molecule has 4 rings (SSSR count). The van der Waals surface area contributed by atoms with Gasteiger partial charge >= 0.3 is 0 Å². The van der Waals surface area contributed by atoms with Crippen LogP contribution >= 0.6 is 11.3 Å². The van der Waals surface area contributed by atoms with E-state index in [0.29, 0.717) is 18.9 Å². The fourth-order valence-electron chi connectivity index (χ4n) is 2.67. The molecule has 1 aromatic carbocycles. The van der Waals surface area contributed by atoms with Gasteiger partial charge in [-0.1, -0.05) is 0 Å². The predicted molar refractivity (Wildman–Crippen MR) is 82.6 cm³/mol. The summed E-state index contributed by atoms with van der Waals surface area (Å²) in [5.41, 5.74) is 1.80. The molecule has 2 fully saturated rings. The molecule has 0 radical (unpaired) electrons. The van der Waals surface area contributed by atoms with Gasteiger partial charge in [-0.05, 0) is 37.5 Å². The van der Waals surface area contributed by atoms with E-state index in [2.05, 4.69) is 15.6 Å². The van der Waals surface area contributed by atoms with Crippen molar-refractivity contribution in [2.75, 3.05) is 11.9 Å². The fourth-order valence-corrected chi connectivity index (χ4v) is 3.85. The number of fused-ring (bicyclic) bond motifs is 1. The van der Waals surface area contributed by atoms with Crippen LogP contribution in [0.2, 0.25) is 0 Å². The van der Waals surface area contributed by atoms with E-state index >= 15 is 0 Å². The largest absolute Gasteiger partial charge is 0.392 e. The van der Waals surface area contributed by atoms with Crippen molar-refractivity contribution in [1.29, 1.82) is 0 Å². The Balaban J connectivity index is 1.51. The Hall–Kier alpha value is -1.50. The van der Waals surface area contributed by atoms with Crippen LogP contribution in [-0.4, -0.2) is 34.7 Å². The standard InChI is InChI=1S/C15H17N3O2S/c19-10-6-12(16-7-10)14(20)17-9-3-4-11-13(5-9)21-15(18-11)8-1-2-8/h3-5,8,10,12,16,19H,1-2,6-7H2,(H,17,20). The summed E-state index contributed by atoms with van der Waals surface area (Å²) in [6.45, 7) is 0.483. The highest BCUT2D eigenvalue weighted by Gasteiger charge is 2.28. The van der Waals surface area contributed by atoms with E-state index in [0.717, 1.165) is 15.9 Å². The van der Waals surface area contributed by atoms with E-state index in [4.69, 9.17) is 0 Å². The van der Waals surface area contributed by atoms with Crippen LogP contribution in [0.15, 0.2) is 18.2 Å². The topological polar surface area (TPSA) is 74.2 Å². The van der Waals surface area contributed by atoms with Gasteiger partial charge in [0.1, 0.15) is 0 Å². The molecule has 1 saturated heterocycles. The van der Waals surface area contributed by atoms with Crippen molar-refractivity contribution < 1.29 is 9.90 Å². The number of β-amino-alcohol motifs (C(OH)–C–C–N with tert-alkyl or cyclic N) is 1. The average Bonchev–Trinajstić information content (AvgIpc) is 3.09. The van der Waals surface area contributed by atoms with Crippen LogP contribution in [0, 0.1) is 0 Å². The number of thiazole rings is 1. The molecular formula is C15H17N3O2S. The molecule has 6 heteroatoms. The lowest BCUT2D eigenvalue weighted by Crippen LogP contribution is -2.35. The molecule has 1 amide bonds. The lowest BCUT2D eigenvalue weighted by Gasteiger charge is -2.10. The van der Waals surface area contributed by atoms with Crippen LogP contribution in [0.5, 0.6) is 0 Å². The van der Waals surface area contributed by atoms with Crippen molar-refractivity contribution >= 4 is 33.1 Å². The first-order chi connectivity index (χ1) is 10.2. The van der Waals surface area contributed by atoms with Gasteiger partial charge in [0.25, 0.3) is 0 Å². The van der Waals surface area contributed by atoms with E-state index in [-0.39, 0.29) is 11.9 Å². The molecule has 2 heterocycles. The van der Waals surface area contributed by atoms with E-state index in [1.807, 2.05) is 18.2 Å². The van der Waals surface area contributed by atoms with Crippen LogP contribution < -0.4 is 10.6 Å². The minimum atomic E-state index is -0.425. The number of hydrogen-bond donors (Lipinski definition) is 3. The first-order valence-electron chi connectivity index (χ1n) is 7.32. The first-order valence-corrected chi connectivity index (χ1v) is 8.13. The number of carbonyl (C=O) groups excluding carboxylic acids is 1. The molecule has 1 aliphatic carbocycles. The SMILES string of the molecule is O=C(Nc1ccc2nc(C3CC3)sc2c1)C1CC(O)CN1. The molecule has 2 aromatic rings. The molecule has 21 heavy (non-hydrogen) atoms. The molecule has 1 saturated carbocycles. The summed E-state index contributed by atoms with van der Waals surface area (Å²) in [6, 6.07) is 5.54. The highest BCUT2D eigenvalue weighted by atomic mass is 32.1. The third kappa shape index (κ3) is 2.66. The zero-order valence-corrected chi connectivity index (χ0v) is 12.3. The second-order valence-electron chi connectivity index (χ2n) is 5.85. The van der Waals surface area contributed by atoms with Crippen molar-refractivity contribution in [3.05, 3.63) is 23.2 Å². The lowest BCUT2D eigenvalue weighted by atomic mass is 10.2. The highest BCUT2D eigenvalue weighted by Crippen LogP contribution is 2.43. The summed E-state index contributed by atoms with van der Waals surface area (Å²) in [6.07, 6.45) is 2.55. The number of anilines is 1. The van der Waals surface area contributed by atoms with Gasteiger partial charge in [0.2, 0.25) is 5.91 Å².